The Labute approximate surface area is 273 Å². The predicted molar refractivity (Wildman–Crippen MR) is 187 cm³/mol. The van der Waals surface area contributed by atoms with E-state index in [0.29, 0.717) is 12.8 Å². The van der Waals surface area contributed by atoms with Crippen LogP contribution in [0.25, 0.3) is 0 Å². The monoisotopic (exact) mass is 628 g/mol. The molecular formula is C38H77NO5. The number of hydrogen-bond donors (Lipinski definition) is 5. The summed E-state index contributed by atoms with van der Waals surface area (Å²) in [5, 5.41) is 43.4. The quantitative estimate of drug-likeness (QED) is 0.0450. The number of aliphatic hydroxyl groups is 4. The molecule has 0 aromatic carbocycles. The fourth-order valence-corrected chi connectivity index (χ4v) is 6.17. The van der Waals surface area contributed by atoms with Crippen LogP contribution < -0.4 is 5.32 Å². The van der Waals surface area contributed by atoms with Crippen molar-refractivity contribution in [2.24, 2.45) is 0 Å². The minimum Gasteiger partial charge on any atom is -0.394 e. The molecule has 4 atom stereocenters. The van der Waals surface area contributed by atoms with Gasteiger partial charge in [0.2, 0.25) is 5.91 Å². The average Bonchev–Trinajstić information content (AvgIpc) is 3.03. The summed E-state index contributed by atoms with van der Waals surface area (Å²) >= 11 is 0. The molecule has 0 heterocycles. The molecule has 0 rings (SSSR count). The lowest BCUT2D eigenvalue weighted by molar-refractivity contribution is -0.132. The van der Waals surface area contributed by atoms with E-state index in [1.165, 1.54) is 141 Å². The molecular weight excluding hydrogens is 550 g/mol. The number of rotatable bonds is 35. The smallest absolute Gasteiger partial charge is 0.249 e. The predicted octanol–water partition coefficient (Wildman–Crippen LogP) is 9.29. The van der Waals surface area contributed by atoms with E-state index >= 15 is 0 Å². The Morgan fingerprint density at radius 2 is 0.773 bits per heavy atom. The van der Waals surface area contributed by atoms with E-state index in [2.05, 4.69) is 19.2 Å². The zero-order chi connectivity index (χ0) is 32.5. The summed E-state index contributed by atoms with van der Waals surface area (Å²) in [7, 11) is 0. The molecule has 0 aliphatic rings. The molecule has 0 saturated carbocycles. The van der Waals surface area contributed by atoms with Gasteiger partial charge in [0.1, 0.15) is 12.2 Å². The van der Waals surface area contributed by atoms with Crippen LogP contribution in [0, 0.1) is 0 Å². The molecule has 4 unspecified atom stereocenters. The summed E-state index contributed by atoms with van der Waals surface area (Å²) in [6.07, 6.45) is 32.7. The van der Waals surface area contributed by atoms with E-state index in [9.17, 15) is 25.2 Å². The van der Waals surface area contributed by atoms with Gasteiger partial charge in [-0.05, 0) is 12.8 Å². The summed E-state index contributed by atoms with van der Waals surface area (Å²) in [5.74, 6) is -0.582. The van der Waals surface area contributed by atoms with Gasteiger partial charge in [-0.15, -0.1) is 0 Å². The van der Waals surface area contributed by atoms with Gasteiger partial charge >= 0.3 is 0 Å². The molecule has 0 aromatic rings. The summed E-state index contributed by atoms with van der Waals surface area (Å²) in [6.45, 7) is 4.03. The molecule has 0 bridgehead atoms. The van der Waals surface area contributed by atoms with Gasteiger partial charge in [0.15, 0.2) is 0 Å². The molecule has 0 fully saturated rings. The van der Waals surface area contributed by atoms with Gasteiger partial charge in [0, 0.05) is 0 Å². The van der Waals surface area contributed by atoms with Crippen LogP contribution >= 0.6 is 0 Å². The molecule has 6 heteroatoms. The molecule has 0 radical (unpaired) electrons. The molecule has 0 aromatic heterocycles. The van der Waals surface area contributed by atoms with E-state index in [0.717, 1.165) is 38.5 Å². The third-order valence-corrected chi connectivity index (χ3v) is 9.32. The first-order chi connectivity index (χ1) is 21.5. The van der Waals surface area contributed by atoms with Crippen molar-refractivity contribution in [1.29, 1.82) is 0 Å². The van der Waals surface area contributed by atoms with E-state index < -0.39 is 36.9 Å². The Kier molecular flexibility index (Phi) is 33.1. The van der Waals surface area contributed by atoms with Crippen LogP contribution in [-0.4, -0.2) is 57.3 Å². The zero-order valence-electron chi connectivity index (χ0n) is 29.4. The number of unbranched alkanes of at least 4 members (excludes halogenated alkanes) is 26. The summed E-state index contributed by atoms with van der Waals surface area (Å²) < 4.78 is 0. The molecule has 1 amide bonds. The van der Waals surface area contributed by atoms with E-state index in [4.69, 9.17) is 0 Å². The van der Waals surface area contributed by atoms with Crippen molar-refractivity contribution in [3.63, 3.8) is 0 Å². The van der Waals surface area contributed by atoms with Crippen LogP contribution in [-0.2, 0) is 4.79 Å². The third kappa shape index (κ3) is 27.6. The molecule has 264 valence electrons. The lowest BCUT2D eigenvalue weighted by atomic mass is 9.99. The Hall–Kier alpha value is -0.690. The van der Waals surface area contributed by atoms with Gasteiger partial charge in [0.05, 0.1) is 18.8 Å². The Bertz CT molecular complexity index is 590. The first kappa shape index (κ1) is 43.3. The van der Waals surface area contributed by atoms with Crippen molar-refractivity contribution < 1.29 is 25.2 Å². The SMILES string of the molecule is CCCCCCCCCCCCCCCCCCCCC(O)C(=O)NC(CO)C(O)C(O)CCCCCCCCCCCC. The Morgan fingerprint density at radius 1 is 0.477 bits per heavy atom. The molecule has 44 heavy (non-hydrogen) atoms. The largest absolute Gasteiger partial charge is 0.394 e. The second-order valence-corrected chi connectivity index (χ2v) is 13.6. The van der Waals surface area contributed by atoms with Gasteiger partial charge in [-0.1, -0.05) is 194 Å². The number of carbonyl (C=O) groups is 1. The Morgan fingerprint density at radius 3 is 1.09 bits per heavy atom. The van der Waals surface area contributed by atoms with Crippen LogP contribution in [0.4, 0.5) is 0 Å². The highest BCUT2D eigenvalue weighted by molar-refractivity contribution is 5.80. The van der Waals surface area contributed by atoms with Crippen molar-refractivity contribution in [3.8, 4) is 0 Å². The molecule has 6 nitrogen and oxygen atoms in total. The van der Waals surface area contributed by atoms with Crippen LogP contribution in [0.2, 0.25) is 0 Å². The summed E-state index contributed by atoms with van der Waals surface area (Å²) in [5.41, 5.74) is 0. The van der Waals surface area contributed by atoms with Gasteiger partial charge in [-0.3, -0.25) is 4.79 Å². The van der Waals surface area contributed by atoms with E-state index in [1.807, 2.05) is 0 Å². The van der Waals surface area contributed by atoms with Crippen molar-refractivity contribution in [2.75, 3.05) is 6.61 Å². The first-order valence-corrected chi connectivity index (χ1v) is 19.4. The van der Waals surface area contributed by atoms with Crippen LogP contribution in [0.5, 0.6) is 0 Å². The van der Waals surface area contributed by atoms with E-state index in [1.54, 1.807) is 0 Å². The van der Waals surface area contributed by atoms with Gasteiger partial charge in [0.25, 0.3) is 0 Å². The molecule has 0 spiro atoms. The van der Waals surface area contributed by atoms with Crippen LogP contribution in [0.3, 0.4) is 0 Å². The topological polar surface area (TPSA) is 110 Å². The fraction of sp³-hybridized carbons (Fsp3) is 0.974. The number of carbonyl (C=O) groups excluding carboxylic acids is 1. The van der Waals surface area contributed by atoms with Crippen molar-refractivity contribution in [2.45, 2.75) is 231 Å². The average molecular weight is 628 g/mol. The molecule has 5 N–H and O–H groups in total. The van der Waals surface area contributed by atoms with Gasteiger partial charge < -0.3 is 25.7 Å². The highest BCUT2D eigenvalue weighted by Gasteiger charge is 2.28. The Balaban J connectivity index is 3.72. The van der Waals surface area contributed by atoms with Crippen LogP contribution in [0.15, 0.2) is 0 Å². The van der Waals surface area contributed by atoms with Gasteiger partial charge in [-0.2, -0.15) is 0 Å². The minimum atomic E-state index is -1.25. The van der Waals surface area contributed by atoms with E-state index in [-0.39, 0.29) is 0 Å². The number of amides is 1. The number of aliphatic hydroxyl groups excluding tert-OH is 4. The molecule has 0 saturated heterocycles. The molecule has 0 aliphatic carbocycles. The second kappa shape index (κ2) is 33.7. The maximum Gasteiger partial charge on any atom is 0.249 e. The summed E-state index contributed by atoms with van der Waals surface area (Å²) in [6, 6.07) is -0.976. The minimum absolute atomic E-state index is 0.375. The molecule has 0 aliphatic heterocycles. The fourth-order valence-electron chi connectivity index (χ4n) is 6.17. The van der Waals surface area contributed by atoms with Crippen LogP contribution in [0.1, 0.15) is 206 Å². The van der Waals surface area contributed by atoms with Crippen molar-refractivity contribution in [1.82, 2.24) is 5.32 Å². The van der Waals surface area contributed by atoms with Crippen molar-refractivity contribution >= 4 is 5.91 Å². The zero-order valence-corrected chi connectivity index (χ0v) is 29.4. The standard InChI is InChI=1S/C38H77NO5/c1-3-5-7-9-11-13-15-16-17-18-19-20-21-22-24-26-28-30-32-36(42)38(44)39-34(33-40)37(43)35(41)31-29-27-25-23-14-12-10-8-6-4-2/h34-37,40-43H,3-33H2,1-2H3,(H,39,44). The maximum atomic E-state index is 12.4. The normalized spacial score (nSPS) is 14.4. The highest BCUT2D eigenvalue weighted by atomic mass is 16.3. The number of nitrogens with one attached hydrogen (secondary N) is 1. The van der Waals surface area contributed by atoms with Gasteiger partial charge in [-0.25, -0.2) is 0 Å². The number of hydrogen-bond acceptors (Lipinski definition) is 5. The first-order valence-electron chi connectivity index (χ1n) is 19.4. The van der Waals surface area contributed by atoms with Crippen molar-refractivity contribution in [3.05, 3.63) is 0 Å². The lowest BCUT2D eigenvalue weighted by Gasteiger charge is -2.27. The highest BCUT2D eigenvalue weighted by Crippen LogP contribution is 2.16. The summed E-state index contributed by atoms with van der Waals surface area (Å²) in [4.78, 5) is 12.4. The second-order valence-electron chi connectivity index (χ2n) is 13.6. The third-order valence-electron chi connectivity index (χ3n) is 9.32. The maximum absolute atomic E-state index is 12.4. The lowest BCUT2D eigenvalue weighted by Crippen LogP contribution is -2.53.